The van der Waals surface area contributed by atoms with Gasteiger partial charge in [-0.3, -0.25) is 4.90 Å². The fraction of sp³-hybridized carbons (Fsp3) is 1.00. The summed E-state index contributed by atoms with van der Waals surface area (Å²) in [5, 5.41) is 9.64. The van der Waals surface area contributed by atoms with E-state index >= 15 is 0 Å². The second-order valence-electron chi connectivity index (χ2n) is 4.46. The molecule has 2 atom stereocenters. The fourth-order valence-corrected chi connectivity index (χ4v) is 4.12. The molecule has 2 rings (SSSR count). The van der Waals surface area contributed by atoms with Gasteiger partial charge in [0, 0.05) is 6.04 Å². The summed E-state index contributed by atoms with van der Waals surface area (Å²) in [6.45, 7) is 0. The van der Waals surface area contributed by atoms with Gasteiger partial charge in [-0.1, -0.05) is 6.42 Å². The highest BCUT2D eigenvalue weighted by Crippen LogP contribution is 2.28. The zero-order chi connectivity index (χ0) is 10.3. The SMILES string of the molecule is CN(C1CCC1)[C@@H]1CS(=O)(=O)C[C@H]1O. The van der Waals surface area contributed by atoms with Crippen LogP contribution in [-0.4, -0.2) is 55.2 Å². The first-order chi connectivity index (χ1) is 6.49. The van der Waals surface area contributed by atoms with Crippen molar-refractivity contribution >= 4 is 9.84 Å². The molecule has 0 bridgehead atoms. The first-order valence-electron chi connectivity index (χ1n) is 5.10. The Morgan fingerprint density at radius 3 is 2.29 bits per heavy atom. The fourth-order valence-electron chi connectivity index (χ4n) is 2.26. The van der Waals surface area contributed by atoms with E-state index in [1.807, 2.05) is 7.05 Å². The summed E-state index contributed by atoms with van der Waals surface area (Å²) in [5.41, 5.74) is 0. The monoisotopic (exact) mass is 219 g/mol. The highest BCUT2D eigenvalue weighted by atomic mass is 32.2. The average molecular weight is 219 g/mol. The second-order valence-corrected chi connectivity index (χ2v) is 6.62. The van der Waals surface area contributed by atoms with Crippen molar-refractivity contribution in [3.8, 4) is 0 Å². The van der Waals surface area contributed by atoms with Crippen LogP contribution in [0.3, 0.4) is 0 Å². The number of hydrogen-bond donors (Lipinski definition) is 1. The van der Waals surface area contributed by atoms with Gasteiger partial charge in [0.05, 0.1) is 23.7 Å². The van der Waals surface area contributed by atoms with E-state index in [0.29, 0.717) is 6.04 Å². The molecule has 82 valence electrons. The lowest BCUT2D eigenvalue weighted by atomic mass is 9.90. The van der Waals surface area contributed by atoms with Crippen LogP contribution in [0.4, 0.5) is 0 Å². The summed E-state index contributed by atoms with van der Waals surface area (Å²) in [4.78, 5) is 2.05. The molecule has 5 heteroatoms. The molecule has 1 aliphatic carbocycles. The topological polar surface area (TPSA) is 57.6 Å². The molecule has 0 amide bonds. The van der Waals surface area contributed by atoms with E-state index in [4.69, 9.17) is 0 Å². The smallest absolute Gasteiger partial charge is 0.154 e. The lowest BCUT2D eigenvalue weighted by molar-refractivity contribution is 0.0468. The molecular weight excluding hydrogens is 202 g/mol. The van der Waals surface area contributed by atoms with Crippen LogP contribution in [0.1, 0.15) is 19.3 Å². The van der Waals surface area contributed by atoms with Gasteiger partial charge in [-0.15, -0.1) is 0 Å². The van der Waals surface area contributed by atoms with Gasteiger partial charge in [-0.25, -0.2) is 8.42 Å². The highest BCUT2D eigenvalue weighted by Gasteiger charge is 2.41. The van der Waals surface area contributed by atoms with E-state index in [2.05, 4.69) is 4.90 Å². The van der Waals surface area contributed by atoms with E-state index < -0.39 is 15.9 Å². The molecule has 1 heterocycles. The van der Waals surface area contributed by atoms with Crippen LogP contribution >= 0.6 is 0 Å². The van der Waals surface area contributed by atoms with E-state index in [-0.39, 0.29) is 17.5 Å². The number of aliphatic hydroxyl groups excluding tert-OH is 1. The first-order valence-corrected chi connectivity index (χ1v) is 6.92. The maximum atomic E-state index is 11.3. The molecular formula is C9H17NO3S. The van der Waals surface area contributed by atoms with Gasteiger partial charge < -0.3 is 5.11 Å². The Morgan fingerprint density at radius 2 is 1.93 bits per heavy atom. The minimum absolute atomic E-state index is 0.0608. The van der Waals surface area contributed by atoms with Crippen LogP contribution < -0.4 is 0 Å². The summed E-state index contributed by atoms with van der Waals surface area (Å²) in [6.07, 6.45) is 2.81. The minimum Gasteiger partial charge on any atom is -0.390 e. The third-order valence-electron chi connectivity index (χ3n) is 3.47. The first kappa shape index (κ1) is 10.4. The van der Waals surface area contributed by atoms with Crippen molar-refractivity contribution in [3.63, 3.8) is 0 Å². The zero-order valence-corrected chi connectivity index (χ0v) is 9.20. The third kappa shape index (κ3) is 1.81. The van der Waals surface area contributed by atoms with Gasteiger partial charge >= 0.3 is 0 Å². The average Bonchev–Trinajstić information content (AvgIpc) is 2.20. The van der Waals surface area contributed by atoms with E-state index in [1.165, 1.54) is 6.42 Å². The van der Waals surface area contributed by atoms with Gasteiger partial charge in [0.25, 0.3) is 0 Å². The number of nitrogens with zero attached hydrogens (tertiary/aromatic N) is 1. The van der Waals surface area contributed by atoms with Gasteiger partial charge in [0.15, 0.2) is 9.84 Å². The molecule has 0 unspecified atom stereocenters. The highest BCUT2D eigenvalue weighted by molar-refractivity contribution is 7.91. The quantitative estimate of drug-likeness (QED) is 0.688. The van der Waals surface area contributed by atoms with Crippen LogP contribution in [0.25, 0.3) is 0 Å². The van der Waals surface area contributed by atoms with Crippen molar-refractivity contribution in [2.45, 2.75) is 37.5 Å². The molecule has 1 saturated heterocycles. The predicted octanol–water partition coefficient (Wildman–Crippen LogP) is -0.371. The molecule has 2 fully saturated rings. The molecule has 0 radical (unpaired) electrons. The van der Waals surface area contributed by atoms with E-state index in [9.17, 15) is 13.5 Å². The Labute approximate surface area is 84.8 Å². The lowest BCUT2D eigenvalue weighted by Gasteiger charge is -2.39. The van der Waals surface area contributed by atoms with E-state index in [1.54, 1.807) is 0 Å². The van der Waals surface area contributed by atoms with Crippen molar-refractivity contribution in [1.29, 1.82) is 0 Å². The summed E-state index contributed by atoms with van der Waals surface area (Å²) < 4.78 is 22.6. The van der Waals surface area contributed by atoms with Gasteiger partial charge in [0.1, 0.15) is 0 Å². The summed E-state index contributed by atoms with van der Waals surface area (Å²) in [6, 6.07) is 0.313. The van der Waals surface area contributed by atoms with Crippen molar-refractivity contribution in [1.82, 2.24) is 4.90 Å². The molecule has 14 heavy (non-hydrogen) atoms. The van der Waals surface area contributed by atoms with Crippen LogP contribution in [0, 0.1) is 0 Å². The lowest BCUT2D eigenvalue weighted by Crippen LogP contribution is -2.48. The van der Waals surface area contributed by atoms with Crippen LogP contribution in [0.5, 0.6) is 0 Å². The number of aliphatic hydroxyl groups is 1. The summed E-state index contributed by atoms with van der Waals surface area (Å²) in [7, 11) is -1.07. The largest absolute Gasteiger partial charge is 0.390 e. The number of sulfone groups is 1. The van der Waals surface area contributed by atoms with Gasteiger partial charge in [-0.05, 0) is 19.9 Å². The van der Waals surface area contributed by atoms with Gasteiger partial charge in [0.2, 0.25) is 0 Å². The summed E-state index contributed by atoms with van der Waals surface area (Å²) >= 11 is 0. The molecule has 1 aliphatic heterocycles. The molecule has 0 spiro atoms. The minimum atomic E-state index is -3.00. The van der Waals surface area contributed by atoms with Crippen molar-refractivity contribution in [2.75, 3.05) is 18.6 Å². The zero-order valence-electron chi connectivity index (χ0n) is 8.39. The standard InChI is InChI=1S/C9H17NO3S/c1-10(7-3-2-4-7)8-5-14(12,13)6-9(8)11/h7-9,11H,2-6H2,1H3/t8-,9-/m1/s1. The van der Waals surface area contributed by atoms with Gasteiger partial charge in [-0.2, -0.15) is 0 Å². The Hall–Kier alpha value is -0.130. The second kappa shape index (κ2) is 3.47. The molecule has 4 nitrogen and oxygen atoms in total. The molecule has 0 aromatic heterocycles. The van der Waals surface area contributed by atoms with Crippen LogP contribution in [-0.2, 0) is 9.84 Å². The van der Waals surface area contributed by atoms with Crippen LogP contribution in [0.2, 0.25) is 0 Å². The van der Waals surface area contributed by atoms with Crippen molar-refractivity contribution < 1.29 is 13.5 Å². The number of rotatable bonds is 2. The summed E-state index contributed by atoms with van der Waals surface area (Å²) in [5.74, 6) is 0.0654. The Morgan fingerprint density at radius 1 is 1.29 bits per heavy atom. The molecule has 2 aliphatic rings. The van der Waals surface area contributed by atoms with E-state index in [0.717, 1.165) is 12.8 Å². The van der Waals surface area contributed by atoms with Crippen molar-refractivity contribution in [3.05, 3.63) is 0 Å². The van der Waals surface area contributed by atoms with Crippen LogP contribution in [0.15, 0.2) is 0 Å². The molecule has 1 N–H and O–H groups in total. The Bertz CT molecular complexity index is 310. The molecule has 1 saturated carbocycles. The normalized spacial score (nSPS) is 37.4. The predicted molar refractivity (Wildman–Crippen MR) is 53.9 cm³/mol. The molecule has 0 aromatic carbocycles. The Kier molecular flexibility index (Phi) is 2.57. The maximum absolute atomic E-state index is 11.3. The maximum Gasteiger partial charge on any atom is 0.154 e. The number of hydrogen-bond acceptors (Lipinski definition) is 4. The van der Waals surface area contributed by atoms with Crippen molar-refractivity contribution in [2.24, 2.45) is 0 Å². The number of likely N-dealkylation sites (N-methyl/N-ethyl adjacent to an activating group) is 1. The Balaban J connectivity index is 2.04. The third-order valence-corrected chi connectivity index (χ3v) is 5.17. The molecule has 0 aromatic rings.